The average molecular weight is 421 g/mol. The lowest BCUT2D eigenvalue weighted by molar-refractivity contribution is 0.0707. The molecule has 1 heterocycles. The Labute approximate surface area is 175 Å². The number of carbonyl (C=O) groups excluding carboxylic acids is 1. The van der Waals surface area contributed by atoms with Crippen LogP contribution in [-0.4, -0.2) is 24.5 Å². The molecule has 3 rings (SSSR count). The van der Waals surface area contributed by atoms with E-state index in [1.165, 1.54) is 30.3 Å². The number of aromatic nitrogens is 1. The maximum Gasteiger partial charge on any atom is 0.276 e. The number of carbonyl (C=O) groups is 1. The van der Waals surface area contributed by atoms with E-state index in [1.54, 1.807) is 49.1 Å². The van der Waals surface area contributed by atoms with Gasteiger partial charge in [-0.2, -0.15) is 0 Å². The van der Waals surface area contributed by atoms with Gasteiger partial charge in [-0.05, 0) is 54.4 Å². The zero-order valence-corrected chi connectivity index (χ0v) is 16.9. The molecule has 2 aromatic carbocycles. The number of benzene rings is 2. The molecule has 152 valence electrons. The van der Waals surface area contributed by atoms with Gasteiger partial charge >= 0.3 is 0 Å². The predicted octanol–water partition coefficient (Wildman–Crippen LogP) is 2.89. The van der Waals surface area contributed by atoms with Crippen LogP contribution in [0.4, 0.5) is 5.69 Å². The van der Waals surface area contributed by atoms with E-state index in [4.69, 9.17) is 11.6 Å². The van der Waals surface area contributed by atoms with Gasteiger partial charge in [-0.25, -0.2) is 13.9 Å². The molecule has 7 nitrogen and oxygen atoms in total. The number of para-hydroxylation sites is 1. The van der Waals surface area contributed by atoms with Crippen molar-refractivity contribution in [2.45, 2.75) is 18.4 Å². The maximum absolute atomic E-state index is 13.6. The number of amides is 1. The minimum Gasteiger partial charge on any atom is -0.288 e. The van der Waals surface area contributed by atoms with Crippen molar-refractivity contribution in [1.29, 1.82) is 0 Å². The molecule has 0 aliphatic heterocycles. The van der Waals surface area contributed by atoms with E-state index in [0.29, 0.717) is 16.7 Å². The molecule has 0 saturated carbocycles. The predicted molar refractivity (Wildman–Crippen MR) is 112 cm³/mol. The molecule has 0 bridgehead atoms. The first-order valence-electron chi connectivity index (χ1n) is 8.91. The summed E-state index contributed by atoms with van der Waals surface area (Å²) in [5.74, 6) is 1.63. The number of anilines is 1. The van der Waals surface area contributed by atoms with Crippen LogP contribution < -0.4 is 9.79 Å². The number of nitrogens with one attached hydrogen (secondary N) is 1. The number of sulfonamides is 1. The van der Waals surface area contributed by atoms with Crippen LogP contribution >= 0.6 is 0 Å². The maximum atomic E-state index is 13.6. The van der Waals surface area contributed by atoms with Gasteiger partial charge in [0.05, 0.1) is 22.7 Å². The molecule has 0 saturated heterocycles. The van der Waals surface area contributed by atoms with Gasteiger partial charge < -0.3 is 0 Å². The number of rotatable bonds is 6. The lowest BCUT2D eigenvalue weighted by Gasteiger charge is -2.28. The Kier molecular flexibility index (Phi) is 6.16. The lowest BCUT2D eigenvalue weighted by atomic mass is 10.1. The quantitative estimate of drug-likeness (QED) is 0.362. The summed E-state index contributed by atoms with van der Waals surface area (Å²) < 4.78 is 28.4. The first-order chi connectivity index (χ1) is 14.4. The van der Waals surface area contributed by atoms with Gasteiger partial charge in [0.15, 0.2) is 0 Å². The Morgan fingerprint density at radius 2 is 1.90 bits per heavy atom. The first kappa shape index (κ1) is 21.0. The van der Waals surface area contributed by atoms with Crippen LogP contribution in [0.2, 0.25) is 0 Å². The smallest absolute Gasteiger partial charge is 0.276 e. The third-order valence-electron chi connectivity index (χ3n) is 4.49. The highest BCUT2D eigenvalue weighted by Crippen LogP contribution is 2.32. The normalized spacial score (nSPS) is 10.8. The Morgan fingerprint density at radius 1 is 1.17 bits per heavy atom. The summed E-state index contributed by atoms with van der Waals surface area (Å²) in [6, 6.07) is 14.1. The molecule has 2 N–H and O–H groups in total. The fourth-order valence-corrected chi connectivity index (χ4v) is 4.56. The summed E-state index contributed by atoms with van der Waals surface area (Å²) in [6.45, 7) is 1.63. The number of aryl methyl sites for hydroxylation is 1. The molecule has 1 amide bonds. The van der Waals surface area contributed by atoms with E-state index >= 15 is 0 Å². The molecule has 0 atom stereocenters. The third-order valence-corrected chi connectivity index (χ3v) is 6.25. The van der Waals surface area contributed by atoms with Gasteiger partial charge in [0, 0.05) is 18.0 Å². The lowest BCUT2D eigenvalue weighted by Crippen LogP contribution is -2.34. The van der Waals surface area contributed by atoms with E-state index in [9.17, 15) is 13.2 Å². The van der Waals surface area contributed by atoms with Crippen LogP contribution in [-0.2, 0) is 16.6 Å². The Morgan fingerprint density at radius 3 is 2.50 bits per heavy atom. The number of pyridine rings is 1. The number of hydrogen-bond donors (Lipinski definition) is 2. The Balaban J connectivity index is 2.22. The summed E-state index contributed by atoms with van der Waals surface area (Å²) in [5, 5.41) is 9.16. The van der Waals surface area contributed by atoms with Crippen molar-refractivity contribution in [1.82, 2.24) is 10.5 Å². The summed E-state index contributed by atoms with van der Waals surface area (Å²) in [6.07, 6.45) is 8.50. The summed E-state index contributed by atoms with van der Waals surface area (Å²) in [7, 11) is -4.09. The highest BCUT2D eigenvalue weighted by molar-refractivity contribution is 7.92. The molecule has 0 aliphatic rings. The molecule has 0 spiro atoms. The second-order valence-electron chi connectivity index (χ2n) is 6.45. The van der Waals surface area contributed by atoms with Gasteiger partial charge in [-0.15, -0.1) is 6.42 Å². The highest BCUT2D eigenvalue weighted by Gasteiger charge is 2.30. The highest BCUT2D eigenvalue weighted by atomic mass is 32.2. The molecule has 1 aromatic heterocycles. The molecule has 30 heavy (non-hydrogen) atoms. The largest absolute Gasteiger partial charge is 0.288 e. The molecule has 0 unspecified atom stereocenters. The zero-order valence-electron chi connectivity index (χ0n) is 16.1. The van der Waals surface area contributed by atoms with Crippen molar-refractivity contribution in [2.75, 3.05) is 4.31 Å². The van der Waals surface area contributed by atoms with Crippen LogP contribution in [0.15, 0.2) is 71.9 Å². The van der Waals surface area contributed by atoms with E-state index in [2.05, 4.69) is 10.9 Å². The van der Waals surface area contributed by atoms with Gasteiger partial charge in [-0.3, -0.25) is 19.3 Å². The molecule has 0 radical (unpaired) electrons. The number of nitrogens with zero attached hydrogens (tertiary/aromatic N) is 2. The summed E-state index contributed by atoms with van der Waals surface area (Å²) in [5.41, 5.74) is 3.47. The molecule has 3 aromatic rings. The van der Waals surface area contributed by atoms with Gasteiger partial charge in [0.1, 0.15) is 0 Å². The van der Waals surface area contributed by atoms with E-state index in [-0.39, 0.29) is 22.7 Å². The van der Waals surface area contributed by atoms with Crippen LogP contribution in [0.5, 0.6) is 0 Å². The molecule has 8 heteroatoms. The zero-order chi connectivity index (χ0) is 21.7. The van der Waals surface area contributed by atoms with Crippen LogP contribution in [0.1, 0.15) is 27.0 Å². The Hall–Kier alpha value is -3.67. The van der Waals surface area contributed by atoms with Crippen LogP contribution in [0.3, 0.4) is 0 Å². The minimum absolute atomic E-state index is 0.0176. The van der Waals surface area contributed by atoms with Crippen LogP contribution in [0.25, 0.3) is 0 Å². The summed E-state index contributed by atoms with van der Waals surface area (Å²) >= 11 is 0. The fraction of sp³-hybridized carbons (Fsp3) is 0.0909. The monoisotopic (exact) mass is 421 g/mol. The Bertz CT molecular complexity index is 1200. The van der Waals surface area contributed by atoms with E-state index < -0.39 is 15.9 Å². The second kappa shape index (κ2) is 8.78. The number of hydroxylamine groups is 1. The number of hydrogen-bond acceptors (Lipinski definition) is 5. The number of terminal acetylenes is 1. The third kappa shape index (κ3) is 4.17. The van der Waals surface area contributed by atoms with Crippen LogP contribution in [0, 0.1) is 19.3 Å². The van der Waals surface area contributed by atoms with Crippen molar-refractivity contribution in [2.24, 2.45) is 0 Å². The van der Waals surface area contributed by atoms with Crippen molar-refractivity contribution in [3.63, 3.8) is 0 Å². The van der Waals surface area contributed by atoms with E-state index in [1.807, 2.05) is 0 Å². The fourth-order valence-electron chi connectivity index (χ4n) is 3.03. The van der Waals surface area contributed by atoms with Gasteiger partial charge in [-0.1, -0.05) is 24.1 Å². The molecular formula is C22H19N3O4S. The summed E-state index contributed by atoms with van der Waals surface area (Å²) in [4.78, 5) is 16.3. The SMILES string of the molecule is C#Cc1ccc(S(=O)(=O)N(Cc2cccnc2)c2c(C)cccc2C(=O)NO)cc1. The topological polar surface area (TPSA) is 99.6 Å². The van der Waals surface area contributed by atoms with Crippen molar-refractivity contribution < 1.29 is 18.4 Å². The minimum atomic E-state index is -4.09. The molecular weight excluding hydrogens is 402 g/mol. The molecule has 0 aliphatic carbocycles. The van der Waals surface area contributed by atoms with Gasteiger partial charge in [0.25, 0.3) is 15.9 Å². The van der Waals surface area contributed by atoms with Crippen molar-refractivity contribution in [3.05, 3.63) is 89.2 Å². The first-order valence-corrected chi connectivity index (χ1v) is 10.3. The van der Waals surface area contributed by atoms with Crippen molar-refractivity contribution in [3.8, 4) is 12.3 Å². The van der Waals surface area contributed by atoms with E-state index in [0.717, 1.165) is 4.31 Å². The second-order valence-corrected chi connectivity index (χ2v) is 8.32. The average Bonchev–Trinajstić information content (AvgIpc) is 2.77. The molecule has 0 fully saturated rings. The standard InChI is InChI=1S/C22H19N3O4S/c1-3-17-9-11-19(12-10-17)30(28,29)25(15-18-7-5-13-23-14-18)21-16(2)6-4-8-20(21)22(26)24-27/h1,4-14,27H,15H2,2H3,(H,24,26). The van der Waals surface area contributed by atoms with Gasteiger partial charge in [0.2, 0.25) is 0 Å². The van der Waals surface area contributed by atoms with Crippen molar-refractivity contribution >= 4 is 21.6 Å².